The number of carbonyl (C=O) groups excluding carboxylic acids is 1. The lowest BCUT2D eigenvalue weighted by atomic mass is 10.2. The normalized spacial score (nSPS) is 12.2. The number of methoxy groups -OCH3 is 1. The number of carbonyl (C=O) groups is 1. The fourth-order valence-electron chi connectivity index (χ4n) is 2.82. The van der Waals surface area contributed by atoms with Gasteiger partial charge in [-0.25, -0.2) is 8.42 Å². The van der Waals surface area contributed by atoms with Gasteiger partial charge in [0.25, 0.3) is 0 Å². The highest BCUT2D eigenvalue weighted by Gasteiger charge is 2.29. The van der Waals surface area contributed by atoms with Gasteiger partial charge in [-0.15, -0.1) is 0 Å². The van der Waals surface area contributed by atoms with Gasteiger partial charge in [-0.2, -0.15) is 0 Å². The summed E-state index contributed by atoms with van der Waals surface area (Å²) in [7, 11) is -2.20. The molecule has 28 heavy (non-hydrogen) atoms. The van der Waals surface area contributed by atoms with E-state index in [1.54, 1.807) is 36.4 Å². The Bertz CT molecular complexity index is 926. The molecule has 0 aliphatic heterocycles. The first-order chi connectivity index (χ1) is 13.2. The monoisotopic (exact) mass is 406 g/mol. The summed E-state index contributed by atoms with van der Waals surface area (Å²) in [6.45, 7) is 5.80. The van der Waals surface area contributed by atoms with Gasteiger partial charge in [0.05, 0.1) is 31.3 Å². The number of ether oxygens (including phenoxy) is 2. The van der Waals surface area contributed by atoms with Gasteiger partial charge in [-0.1, -0.05) is 6.07 Å². The van der Waals surface area contributed by atoms with Crippen molar-refractivity contribution in [2.75, 3.05) is 29.6 Å². The van der Waals surface area contributed by atoms with Crippen LogP contribution in [-0.2, 0) is 14.8 Å². The Hall–Kier alpha value is -2.74. The fraction of sp³-hybridized carbons (Fsp3) is 0.350. The van der Waals surface area contributed by atoms with E-state index in [0.29, 0.717) is 29.5 Å². The lowest BCUT2D eigenvalue weighted by molar-refractivity contribution is -0.116. The zero-order valence-electron chi connectivity index (χ0n) is 16.7. The highest BCUT2D eigenvalue weighted by atomic mass is 32.2. The number of sulfonamides is 1. The van der Waals surface area contributed by atoms with Crippen molar-refractivity contribution in [1.82, 2.24) is 0 Å². The molecule has 1 N–H and O–H groups in total. The lowest BCUT2D eigenvalue weighted by Crippen LogP contribution is -2.45. The number of nitrogens with zero attached hydrogens (tertiary/aromatic N) is 1. The standard InChI is InChI=1S/C20H26N2O5S/c1-6-27-17-10-8-16(9-11-17)22(28(5,24)25)15(3)20(23)21-18-13-14(2)7-12-19(18)26-4/h7-13,15H,6H2,1-5H3,(H,21,23)/t15-/m1/s1. The number of amides is 1. The largest absolute Gasteiger partial charge is 0.495 e. The molecule has 7 nitrogen and oxygen atoms in total. The van der Waals surface area contributed by atoms with Crippen LogP contribution in [0.4, 0.5) is 11.4 Å². The first-order valence-electron chi connectivity index (χ1n) is 8.85. The molecular formula is C20H26N2O5S. The third-order valence-electron chi connectivity index (χ3n) is 4.10. The van der Waals surface area contributed by atoms with Crippen molar-refractivity contribution in [1.29, 1.82) is 0 Å². The molecule has 0 unspecified atom stereocenters. The van der Waals surface area contributed by atoms with Crippen molar-refractivity contribution in [3.05, 3.63) is 48.0 Å². The predicted molar refractivity (Wildman–Crippen MR) is 111 cm³/mol. The molecule has 2 rings (SSSR count). The van der Waals surface area contributed by atoms with Crippen LogP contribution in [0.5, 0.6) is 11.5 Å². The maximum Gasteiger partial charge on any atom is 0.248 e. The SMILES string of the molecule is CCOc1ccc(N([C@H](C)C(=O)Nc2cc(C)ccc2OC)S(C)(=O)=O)cc1. The molecule has 1 amide bonds. The van der Waals surface area contributed by atoms with Crippen LogP contribution in [0, 0.1) is 6.92 Å². The van der Waals surface area contributed by atoms with Gasteiger partial charge in [-0.05, 0) is 62.7 Å². The van der Waals surface area contributed by atoms with Crippen molar-refractivity contribution < 1.29 is 22.7 Å². The van der Waals surface area contributed by atoms with E-state index in [0.717, 1.165) is 16.1 Å². The van der Waals surface area contributed by atoms with Crippen molar-refractivity contribution in [2.24, 2.45) is 0 Å². The average Bonchev–Trinajstić information content (AvgIpc) is 2.62. The Labute approximate surface area is 166 Å². The van der Waals surface area contributed by atoms with Gasteiger partial charge in [0, 0.05) is 0 Å². The van der Waals surface area contributed by atoms with Gasteiger partial charge < -0.3 is 14.8 Å². The van der Waals surface area contributed by atoms with Crippen molar-refractivity contribution in [3.63, 3.8) is 0 Å². The summed E-state index contributed by atoms with van der Waals surface area (Å²) in [5.41, 5.74) is 1.81. The molecular weight excluding hydrogens is 380 g/mol. The number of aryl methyl sites for hydroxylation is 1. The van der Waals surface area contributed by atoms with E-state index in [2.05, 4.69) is 5.32 Å². The Morgan fingerprint density at radius 2 is 1.82 bits per heavy atom. The molecule has 0 aromatic heterocycles. The molecule has 0 saturated carbocycles. The summed E-state index contributed by atoms with van der Waals surface area (Å²) < 4.78 is 36.6. The maximum absolute atomic E-state index is 12.8. The molecule has 0 spiro atoms. The van der Waals surface area contributed by atoms with E-state index in [1.165, 1.54) is 14.0 Å². The van der Waals surface area contributed by atoms with Gasteiger partial charge in [0.2, 0.25) is 15.9 Å². The molecule has 8 heteroatoms. The number of benzene rings is 2. The smallest absolute Gasteiger partial charge is 0.248 e. The van der Waals surface area contributed by atoms with Gasteiger partial charge >= 0.3 is 0 Å². The molecule has 0 bridgehead atoms. The zero-order valence-corrected chi connectivity index (χ0v) is 17.5. The molecule has 0 fully saturated rings. The average molecular weight is 407 g/mol. The van der Waals surface area contributed by atoms with E-state index in [4.69, 9.17) is 9.47 Å². The second kappa shape index (κ2) is 8.97. The summed E-state index contributed by atoms with van der Waals surface area (Å²) in [6.07, 6.45) is 1.07. The Morgan fingerprint density at radius 1 is 1.18 bits per heavy atom. The molecule has 2 aromatic carbocycles. The minimum Gasteiger partial charge on any atom is -0.495 e. The van der Waals surface area contributed by atoms with Crippen LogP contribution >= 0.6 is 0 Å². The molecule has 0 aliphatic carbocycles. The van der Waals surface area contributed by atoms with Gasteiger partial charge in [0.1, 0.15) is 17.5 Å². The Morgan fingerprint density at radius 3 is 2.36 bits per heavy atom. The summed E-state index contributed by atoms with van der Waals surface area (Å²) in [4.78, 5) is 12.8. The third-order valence-corrected chi connectivity index (χ3v) is 5.35. The summed E-state index contributed by atoms with van der Waals surface area (Å²) in [5, 5.41) is 2.76. The second-order valence-electron chi connectivity index (χ2n) is 6.35. The first kappa shape index (κ1) is 21.6. The van der Waals surface area contributed by atoms with Crippen LogP contribution in [0.2, 0.25) is 0 Å². The van der Waals surface area contributed by atoms with E-state index in [-0.39, 0.29) is 0 Å². The molecule has 1 atom stereocenters. The molecule has 0 aliphatic rings. The quantitative estimate of drug-likeness (QED) is 0.728. The molecule has 0 radical (unpaired) electrons. The summed E-state index contributed by atoms with van der Waals surface area (Å²) in [5.74, 6) is 0.655. The number of rotatable bonds is 8. The third kappa shape index (κ3) is 5.16. The van der Waals surface area contributed by atoms with Crippen LogP contribution in [-0.4, -0.2) is 40.3 Å². The molecule has 2 aromatic rings. The van der Waals surface area contributed by atoms with Crippen molar-refractivity contribution in [3.8, 4) is 11.5 Å². The van der Waals surface area contributed by atoms with Gasteiger partial charge in [-0.3, -0.25) is 9.10 Å². The van der Waals surface area contributed by atoms with Crippen LogP contribution in [0.15, 0.2) is 42.5 Å². The second-order valence-corrected chi connectivity index (χ2v) is 8.21. The summed E-state index contributed by atoms with van der Waals surface area (Å²) in [6, 6.07) is 11.0. The number of nitrogens with one attached hydrogen (secondary N) is 1. The fourth-order valence-corrected chi connectivity index (χ4v) is 4.00. The van der Waals surface area contributed by atoms with E-state index >= 15 is 0 Å². The number of anilines is 2. The molecule has 0 heterocycles. The minimum absolute atomic E-state index is 0.379. The predicted octanol–water partition coefficient (Wildman–Crippen LogP) is 3.20. The van der Waals surface area contributed by atoms with Crippen LogP contribution < -0.4 is 19.1 Å². The molecule has 0 saturated heterocycles. The van der Waals surface area contributed by atoms with Crippen LogP contribution in [0.25, 0.3) is 0 Å². The number of hydrogen-bond acceptors (Lipinski definition) is 5. The van der Waals surface area contributed by atoms with Crippen LogP contribution in [0.3, 0.4) is 0 Å². The van der Waals surface area contributed by atoms with Gasteiger partial charge in [0.15, 0.2) is 0 Å². The lowest BCUT2D eigenvalue weighted by Gasteiger charge is -2.28. The highest BCUT2D eigenvalue weighted by Crippen LogP contribution is 2.27. The number of hydrogen-bond donors (Lipinski definition) is 1. The van der Waals surface area contributed by atoms with E-state index < -0.39 is 22.0 Å². The molecule has 152 valence electrons. The summed E-state index contributed by atoms with van der Waals surface area (Å²) >= 11 is 0. The van der Waals surface area contributed by atoms with E-state index in [1.807, 2.05) is 19.9 Å². The highest BCUT2D eigenvalue weighted by molar-refractivity contribution is 7.92. The zero-order chi connectivity index (χ0) is 20.9. The Kier molecular flexibility index (Phi) is 6.90. The topological polar surface area (TPSA) is 84.9 Å². The maximum atomic E-state index is 12.8. The minimum atomic E-state index is -3.70. The van der Waals surface area contributed by atoms with Crippen LogP contribution in [0.1, 0.15) is 19.4 Å². The van der Waals surface area contributed by atoms with Crippen molar-refractivity contribution in [2.45, 2.75) is 26.8 Å². The van der Waals surface area contributed by atoms with E-state index in [9.17, 15) is 13.2 Å². The Balaban J connectivity index is 2.31. The first-order valence-corrected chi connectivity index (χ1v) is 10.7. The van der Waals surface area contributed by atoms with Crippen molar-refractivity contribution >= 4 is 27.3 Å².